The number of rotatable bonds is 2. The second-order valence-electron chi connectivity index (χ2n) is 4.62. The molecule has 0 fully saturated rings. The second kappa shape index (κ2) is 5.21. The molecular weight excluding hydrogens is 241 g/mol. The molecule has 0 radical (unpaired) electrons. The fraction of sp³-hybridized carbons (Fsp3) is 0.188. The van der Waals surface area contributed by atoms with Gasteiger partial charge in [-0.2, -0.15) is 5.26 Å². The van der Waals surface area contributed by atoms with Crippen molar-refractivity contribution in [2.45, 2.75) is 20.0 Å². The van der Waals surface area contributed by atoms with Crippen LogP contribution in [0.25, 0.3) is 0 Å². The van der Waals surface area contributed by atoms with Crippen molar-refractivity contribution in [1.29, 1.82) is 5.26 Å². The smallest absolute Gasteiger partial charge is 0.129 e. The summed E-state index contributed by atoms with van der Waals surface area (Å²) in [5, 5.41) is 19.2. The van der Waals surface area contributed by atoms with Crippen LogP contribution in [0.2, 0.25) is 0 Å². The summed E-state index contributed by atoms with van der Waals surface area (Å²) in [4.78, 5) is 0. The Hall–Kier alpha value is -2.18. The van der Waals surface area contributed by atoms with Gasteiger partial charge >= 0.3 is 0 Å². The van der Waals surface area contributed by atoms with Gasteiger partial charge in [-0.05, 0) is 48.7 Å². The minimum absolute atomic E-state index is 0.265. The molecule has 0 saturated carbocycles. The number of hydrogen-bond donors (Lipinski definition) is 1. The Morgan fingerprint density at radius 2 is 1.95 bits per heavy atom. The van der Waals surface area contributed by atoms with Crippen molar-refractivity contribution in [2.24, 2.45) is 0 Å². The van der Waals surface area contributed by atoms with E-state index in [9.17, 15) is 9.50 Å². The molecular formula is C16H14FNO. The molecule has 2 rings (SSSR count). The monoisotopic (exact) mass is 255 g/mol. The van der Waals surface area contributed by atoms with Gasteiger partial charge in [-0.15, -0.1) is 0 Å². The van der Waals surface area contributed by atoms with Gasteiger partial charge in [0.25, 0.3) is 0 Å². The van der Waals surface area contributed by atoms with Crippen LogP contribution in [0.5, 0.6) is 0 Å². The number of benzene rings is 2. The first-order chi connectivity index (χ1) is 9.02. The van der Waals surface area contributed by atoms with Crippen molar-refractivity contribution in [1.82, 2.24) is 0 Å². The van der Waals surface area contributed by atoms with Crippen molar-refractivity contribution in [2.75, 3.05) is 0 Å². The summed E-state index contributed by atoms with van der Waals surface area (Å²) in [6, 6.07) is 11.8. The largest absolute Gasteiger partial charge is 0.384 e. The number of aliphatic hydroxyl groups excluding tert-OH is 1. The molecule has 0 saturated heterocycles. The Balaban J connectivity index is 2.50. The van der Waals surface area contributed by atoms with E-state index in [-0.39, 0.29) is 5.56 Å². The van der Waals surface area contributed by atoms with Crippen molar-refractivity contribution >= 4 is 0 Å². The van der Waals surface area contributed by atoms with Gasteiger partial charge in [0.05, 0.1) is 11.6 Å². The first-order valence-electron chi connectivity index (χ1n) is 5.97. The molecule has 0 aromatic heterocycles. The zero-order valence-corrected chi connectivity index (χ0v) is 10.8. The molecule has 96 valence electrons. The molecule has 1 atom stereocenters. The lowest BCUT2D eigenvalue weighted by molar-refractivity contribution is 0.214. The third-order valence-electron chi connectivity index (χ3n) is 3.09. The van der Waals surface area contributed by atoms with Gasteiger partial charge in [-0.3, -0.25) is 0 Å². The Morgan fingerprint density at radius 3 is 2.58 bits per heavy atom. The molecule has 2 aromatic rings. The van der Waals surface area contributed by atoms with Gasteiger partial charge in [0.2, 0.25) is 0 Å². The van der Waals surface area contributed by atoms with E-state index in [1.807, 2.05) is 19.1 Å². The third kappa shape index (κ3) is 2.64. The highest BCUT2D eigenvalue weighted by molar-refractivity contribution is 5.41. The lowest BCUT2D eigenvalue weighted by atomic mass is 9.94. The van der Waals surface area contributed by atoms with Crippen LogP contribution in [0, 0.1) is 31.0 Å². The predicted octanol–water partition coefficient (Wildman–Crippen LogP) is 3.40. The van der Waals surface area contributed by atoms with Crippen LogP contribution < -0.4 is 0 Å². The maximum Gasteiger partial charge on any atom is 0.129 e. The van der Waals surface area contributed by atoms with E-state index in [0.29, 0.717) is 16.7 Å². The van der Waals surface area contributed by atoms with Gasteiger partial charge in [0.15, 0.2) is 0 Å². The summed E-state index contributed by atoms with van der Waals surface area (Å²) in [7, 11) is 0. The van der Waals surface area contributed by atoms with Gasteiger partial charge in [-0.1, -0.05) is 18.2 Å². The van der Waals surface area contributed by atoms with Gasteiger partial charge in [0.1, 0.15) is 11.9 Å². The summed E-state index contributed by atoms with van der Waals surface area (Å²) in [6.45, 7) is 3.57. The molecule has 0 spiro atoms. The minimum atomic E-state index is -1.06. The molecule has 1 unspecified atom stereocenters. The number of aliphatic hydroxyl groups is 1. The Morgan fingerprint density at radius 1 is 1.21 bits per heavy atom. The standard InChI is InChI=1S/C16H14FNO/c1-10-6-11(2)15(14(17)7-10)16(19)13-5-3-4-12(8-13)9-18/h3-8,16,19H,1-2H3. The Labute approximate surface area is 111 Å². The number of hydrogen-bond acceptors (Lipinski definition) is 2. The third-order valence-corrected chi connectivity index (χ3v) is 3.09. The minimum Gasteiger partial charge on any atom is -0.384 e. The maximum absolute atomic E-state index is 14.0. The second-order valence-corrected chi connectivity index (χ2v) is 4.62. The van der Waals surface area contributed by atoms with Crippen molar-refractivity contribution in [3.8, 4) is 6.07 Å². The van der Waals surface area contributed by atoms with E-state index >= 15 is 0 Å². The van der Waals surface area contributed by atoms with E-state index in [4.69, 9.17) is 5.26 Å². The Kier molecular flexibility index (Phi) is 3.64. The van der Waals surface area contributed by atoms with E-state index in [2.05, 4.69) is 0 Å². The highest BCUT2D eigenvalue weighted by Gasteiger charge is 2.18. The van der Waals surface area contributed by atoms with E-state index in [0.717, 1.165) is 5.56 Å². The maximum atomic E-state index is 14.0. The number of nitriles is 1. The van der Waals surface area contributed by atoms with Gasteiger partial charge in [-0.25, -0.2) is 4.39 Å². The zero-order valence-electron chi connectivity index (χ0n) is 10.8. The van der Waals surface area contributed by atoms with Crippen LogP contribution in [0.3, 0.4) is 0 Å². The van der Waals surface area contributed by atoms with E-state index in [1.54, 1.807) is 31.2 Å². The summed E-state index contributed by atoms with van der Waals surface area (Å²) in [6.07, 6.45) is -1.06. The molecule has 2 aromatic carbocycles. The fourth-order valence-electron chi connectivity index (χ4n) is 2.22. The fourth-order valence-corrected chi connectivity index (χ4v) is 2.22. The lowest BCUT2D eigenvalue weighted by Crippen LogP contribution is -2.06. The molecule has 0 aliphatic rings. The van der Waals surface area contributed by atoms with Crippen LogP contribution >= 0.6 is 0 Å². The van der Waals surface area contributed by atoms with Crippen LogP contribution in [0.4, 0.5) is 4.39 Å². The molecule has 19 heavy (non-hydrogen) atoms. The molecule has 0 aliphatic carbocycles. The SMILES string of the molecule is Cc1cc(C)c(C(O)c2cccc(C#N)c2)c(F)c1. The number of aryl methyl sites for hydroxylation is 2. The summed E-state index contributed by atoms with van der Waals surface area (Å²) < 4.78 is 14.0. The molecule has 0 bridgehead atoms. The first-order valence-corrected chi connectivity index (χ1v) is 5.97. The van der Waals surface area contributed by atoms with Crippen molar-refractivity contribution in [3.05, 3.63) is 70.0 Å². The molecule has 0 aliphatic heterocycles. The van der Waals surface area contributed by atoms with Crippen molar-refractivity contribution < 1.29 is 9.50 Å². The molecule has 3 heteroatoms. The molecule has 2 nitrogen and oxygen atoms in total. The summed E-state index contributed by atoms with van der Waals surface area (Å²) in [5.41, 5.74) is 2.75. The number of nitrogens with zero attached hydrogens (tertiary/aromatic N) is 1. The van der Waals surface area contributed by atoms with Crippen LogP contribution in [0.1, 0.15) is 33.9 Å². The first kappa shape index (κ1) is 13.3. The van der Waals surface area contributed by atoms with E-state index in [1.165, 1.54) is 6.07 Å². The van der Waals surface area contributed by atoms with Crippen molar-refractivity contribution in [3.63, 3.8) is 0 Å². The predicted molar refractivity (Wildman–Crippen MR) is 71.1 cm³/mol. The molecule has 0 amide bonds. The lowest BCUT2D eigenvalue weighted by Gasteiger charge is -2.16. The zero-order chi connectivity index (χ0) is 14.0. The van der Waals surface area contributed by atoms with E-state index < -0.39 is 11.9 Å². The number of halogens is 1. The van der Waals surface area contributed by atoms with Crippen LogP contribution in [-0.4, -0.2) is 5.11 Å². The average Bonchev–Trinajstić information content (AvgIpc) is 2.37. The summed E-state index contributed by atoms with van der Waals surface area (Å²) in [5.74, 6) is -0.424. The van der Waals surface area contributed by atoms with Crippen LogP contribution in [-0.2, 0) is 0 Å². The molecule has 1 N–H and O–H groups in total. The average molecular weight is 255 g/mol. The topological polar surface area (TPSA) is 44.0 Å². The summed E-state index contributed by atoms with van der Waals surface area (Å²) >= 11 is 0. The van der Waals surface area contributed by atoms with Gasteiger partial charge in [0, 0.05) is 5.56 Å². The Bertz CT molecular complexity index is 635. The van der Waals surface area contributed by atoms with Gasteiger partial charge < -0.3 is 5.11 Å². The quantitative estimate of drug-likeness (QED) is 0.893. The highest BCUT2D eigenvalue weighted by atomic mass is 19.1. The molecule has 0 heterocycles. The normalized spacial score (nSPS) is 11.9. The van der Waals surface area contributed by atoms with Crippen LogP contribution in [0.15, 0.2) is 36.4 Å². The highest BCUT2D eigenvalue weighted by Crippen LogP contribution is 2.28.